The highest BCUT2D eigenvalue weighted by Gasteiger charge is 2.51. The number of methoxy groups -OCH3 is 1. The van der Waals surface area contributed by atoms with Crippen LogP contribution in [0.4, 0.5) is 16.3 Å². The molecule has 1 aliphatic carbocycles. The lowest BCUT2D eigenvalue weighted by atomic mass is 9.78. The molecular weight excluding hydrogens is 424 g/mol. The van der Waals surface area contributed by atoms with Crippen molar-refractivity contribution in [1.82, 2.24) is 9.88 Å². The average molecular weight is 459 g/mol. The number of aliphatic hydroxyl groups is 1. The van der Waals surface area contributed by atoms with E-state index in [1.165, 1.54) is 0 Å². The predicted octanol–water partition coefficient (Wildman–Crippen LogP) is 2.56. The van der Waals surface area contributed by atoms with Crippen molar-refractivity contribution in [2.24, 2.45) is 5.41 Å². The quantitative estimate of drug-likeness (QED) is 0.741. The number of carbonyl (C=O) groups excluding carboxylic acids is 2. The number of nitrogens with zero attached hydrogens (tertiary/aromatic N) is 4. The molecule has 180 valence electrons. The number of pyridine rings is 1. The minimum absolute atomic E-state index is 0.216. The number of hydrogen-bond donors (Lipinski definition) is 1. The zero-order valence-corrected chi connectivity index (χ0v) is 19.4. The molecule has 0 aromatic carbocycles. The van der Waals surface area contributed by atoms with E-state index < -0.39 is 0 Å². The summed E-state index contributed by atoms with van der Waals surface area (Å²) >= 11 is 0. The van der Waals surface area contributed by atoms with Crippen molar-refractivity contribution < 1.29 is 24.2 Å². The van der Waals surface area contributed by atoms with Gasteiger partial charge in [-0.25, -0.2) is 9.78 Å². The Hall–Kier alpha value is -2.55. The molecule has 9 heteroatoms. The van der Waals surface area contributed by atoms with Crippen molar-refractivity contribution in [1.29, 1.82) is 0 Å². The van der Waals surface area contributed by atoms with Crippen LogP contribution in [-0.2, 0) is 9.53 Å². The summed E-state index contributed by atoms with van der Waals surface area (Å²) in [5.74, 6) is 1.59. The number of carbonyl (C=O) groups is 2. The minimum Gasteiger partial charge on any atom is -0.493 e. The molecule has 33 heavy (non-hydrogen) atoms. The topological polar surface area (TPSA) is 95.4 Å². The number of anilines is 2. The van der Waals surface area contributed by atoms with Gasteiger partial charge >= 0.3 is 6.09 Å². The lowest BCUT2D eigenvalue weighted by Gasteiger charge is -2.41. The third kappa shape index (κ3) is 4.11. The molecule has 2 amide bonds. The van der Waals surface area contributed by atoms with E-state index in [-0.39, 0.29) is 29.6 Å². The maximum atomic E-state index is 13.6. The average Bonchev–Trinajstić information content (AvgIpc) is 3.14. The summed E-state index contributed by atoms with van der Waals surface area (Å²) in [5.41, 5.74) is 0.283. The molecule has 0 unspecified atom stereocenters. The molecular formula is C24H34N4O5. The Labute approximate surface area is 194 Å². The fourth-order valence-corrected chi connectivity index (χ4v) is 6.01. The first-order valence-electron chi connectivity index (χ1n) is 12.2. The molecule has 3 saturated heterocycles. The Morgan fingerprint density at radius 3 is 2.70 bits per heavy atom. The molecule has 0 bridgehead atoms. The Balaban J connectivity index is 1.33. The second-order valence-electron chi connectivity index (χ2n) is 9.86. The summed E-state index contributed by atoms with van der Waals surface area (Å²) < 4.78 is 10.8. The van der Waals surface area contributed by atoms with Gasteiger partial charge < -0.3 is 24.4 Å². The largest absolute Gasteiger partial charge is 0.493 e. The van der Waals surface area contributed by atoms with E-state index in [4.69, 9.17) is 9.47 Å². The Morgan fingerprint density at radius 1 is 1.12 bits per heavy atom. The summed E-state index contributed by atoms with van der Waals surface area (Å²) in [4.78, 5) is 36.3. The van der Waals surface area contributed by atoms with Gasteiger partial charge in [-0.3, -0.25) is 9.69 Å². The van der Waals surface area contributed by atoms with Crippen molar-refractivity contribution in [3.8, 4) is 5.75 Å². The fourth-order valence-electron chi connectivity index (χ4n) is 6.01. The fraction of sp³-hybridized carbons (Fsp3) is 0.708. The maximum Gasteiger partial charge on any atom is 0.414 e. The number of piperidine rings is 1. The summed E-state index contributed by atoms with van der Waals surface area (Å²) in [6.45, 7) is 3.29. The number of aromatic nitrogens is 1. The van der Waals surface area contributed by atoms with Gasteiger partial charge in [0.25, 0.3) is 0 Å². The smallest absolute Gasteiger partial charge is 0.414 e. The van der Waals surface area contributed by atoms with E-state index in [0.29, 0.717) is 31.1 Å². The van der Waals surface area contributed by atoms with Crippen LogP contribution in [0, 0.1) is 5.41 Å². The zero-order chi connectivity index (χ0) is 23.0. The van der Waals surface area contributed by atoms with Gasteiger partial charge in [-0.1, -0.05) is 0 Å². The molecule has 1 saturated carbocycles. The van der Waals surface area contributed by atoms with Crippen LogP contribution < -0.4 is 14.5 Å². The highest BCUT2D eigenvalue weighted by atomic mass is 16.6. The second-order valence-corrected chi connectivity index (χ2v) is 9.86. The first-order valence-corrected chi connectivity index (χ1v) is 12.2. The molecule has 3 aliphatic heterocycles. The summed E-state index contributed by atoms with van der Waals surface area (Å²) in [7, 11) is 1.61. The van der Waals surface area contributed by atoms with Crippen molar-refractivity contribution >= 4 is 23.5 Å². The van der Waals surface area contributed by atoms with Crippen LogP contribution in [0.15, 0.2) is 12.3 Å². The highest BCUT2D eigenvalue weighted by Crippen LogP contribution is 2.44. The molecule has 1 aromatic rings. The van der Waals surface area contributed by atoms with E-state index in [1.807, 2.05) is 6.07 Å². The van der Waals surface area contributed by atoms with Gasteiger partial charge in [-0.15, -0.1) is 0 Å². The SMILES string of the molecule is COc1cc(N2CCCOC2=O)cnc1N1CCC[C@@]2(CCN([C@H]3CC[C@@H](O)CC3)C2=O)C1. The molecule has 0 radical (unpaired) electrons. The minimum atomic E-state index is -0.379. The summed E-state index contributed by atoms with van der Waals surface area (Å²) in [6, 6.07) is 2.10. The van der Waals surface area contributed by atoms with Crippen LogP contribution in [0.25, 0.3) is 0 Å². The van der Waals surface area contributed by atoms with Gasteiger partial charge in [-0.2, -0.15) is 0 Å². The van der Waals surface area contributed by atoms with Crippen LogP contribution >= 0.6 is 0 Å². The molecule has 1 aromatic heterocycles. The van der Waals surface area contributed by atoms with Crippen molar-refractivity contribution in [2.75, 3.05) is 49.7 Å². The molecule has 5 rings (SSSR count). The van der Waals surface area contributed by atoms with Gasteiger partial charge in [0.05, 0.1) is 37.1 Å². The number of cyclic esters (lactones) is 1. The molecule has 1 atom stereocenters. The lowest BCUT2D eigenvalue weighted by Crippen LogP contribution is -2.50. The van der Waals surface area contributed by atoms with Gasteiger partial charge in [0.15, 0.2) is 11.6 Å². The zero-order valence-electron chi connectivity index (χ0n) is 19.4. The first kappa shape index (κ1) is 22.3. The van der Waals surface area contributed by atoms with Gasteiger partial charge in [0, 0.05) is 38.3 Å². The van der Waals surface area contributed by atoms with Crippen LogP contribution in [0.1, 0.15) is 51.4 Å². The van der Waals surface area contributed by atoms with Gasteiger partial charge in [-0.05, 0) is 51.4 Å². The standard InChI is InChI=1S/C24H34N4O5/c1-32-20-14-18(28-11-3-13-33-23(28)31)15-25-21(20)26-10-2-8-24(16-26)9-12-27(22(24)30)17-4-6-19(29)7-5-17/h14-15,17,19,29H,2-13,16H2,1H3/t17-,19+,24-/m1/s1. The summed E-state index contributed by atoms with van der Waals surface area (Å²) in [6.07, 6.45) is 7.93. The van der Waals surface area contributed by atoms with Crippen molar-refractivity contribution in [3.05, 3.63) is 12.3 Å². The van der Waals surface area contributed by atoms with E-state index in [2.05, 4.69) is 14.8 Å². The van der Waals surface area contributed by atoms with Crippen LogP contribution in [0.2, 0.25) is 0 Å². The number of rotatable bonds is 4. The number of ether oxygens (including phenoxy) is 2. The third-order valence-electron chi connectivity index (χ3n) is 7.85. The summed E-state index contributed by atoms with van der Waals surface area (Å²) in [5, 5.41) is 9.85. The Kier molecular flexibility index (Phi) is 6.07. The lowest BCUT2D eigenvalue weighted by molar-refractivity contribution is -0.139. The number of amides is 2. The number of likely N-dealkylation sites (tertiary alicyclic amines) is 1. The van der Waals surface area contributed by atoms with Gasteiger partial charge in [0.1, 0.15) is 0 Å². The second kappa shape index (κ2) is 9.00. The third-order valence-corrected chi connectivity index (χ3v) is 7.85. The molecule has 4 aliphatic rings. The number of hydrogen-bond acceptors (Lipinski definition) is 7. The maximum absolute atomic E-state index is 13.6. The molecule has 9 nitrogen and oxygen atoms in total. The highest BCUT2D eigenvalue weighted by molar-refractivity contribution is 5.89. The van der Waals surface area contributed by atoms with E-state index in [9.17, 15) is 14.7 Å². The van der Waals surface area contributed by atoms with Crippen molar-refractivity contribution in [3.63, 3.8) is 0 Å². The van der Waals surface area contributed by atoms with Gasteiger partial charge in [0.2, 0.25) is 5.91 Å². The molecule has 4 heterocycles. The van der Waals surface area contributed by atoms with Crippen LogP contribution in [0.5, 0.6) is 5.75 Å². The normalized spacial score (nSPS) is 30.7. The van der Waals surface area contributed by atoms with Crippen LogP contribution in [0.3, 0.4) is 0 Å². The molecule has 1 spiro atoms. The Morgan fingerprint density at radius 2 is 1.94 bits per heavy atom. The predicted molar refractivity (Wildman–Crippen MR) is 123 cm³/mol. The Bertz CT molecular complexity index is 903. The van der Waals surface area contributed by atoms with E-state index in [0.717, 1.165) is 70.3 Å². The molecule has 4 fully saturated rings. The first-order chi connectivity index (χ1) is 16.0. The van der Waals surface area contributed by atoms with Crippen LogP contribution in [-0.4, -0.2) is 79.0 Å². The van der Waals surface area contributed by atoms with E-state index >= 15 is 0 Å². The van der Waals surface area contributed by atoms with E-state index in [1.54, 1.807) is 18.2 Å². The monoisotopic (exact) mass is 458 g/mol. The number of aliphatic hydroxyl groups excluding tert-OH is 1. The van der Waals surface area contributed by atoms with Crippen molar-refractivity contribution in [2.45, 2.75) is 63.5 Å². The molecule has 1 N–H and O–H groups in total.